The minimum atomic E-state index is -0.762. The van der Waals surface area contributed by atoms with E-state index < -0.39 is 5.97 Å². The minimum Gasteiger partial charge on any atom is -0.487 e. The first kappa shape index (κ1) is 19.0. The van der Waals surface area contributed by atoms with Crippen LogP contribution < -0.4 is 4.74 Å². The third kappa shape index (κ3) is 5.34. The Kier molecular flexibility index (Phi) is 6.14. The van der Waals surface area contributed by atoms with Gasteiger partial charge in [-0.3, -0.25) is 4.79 Å². The Morgan fingerprint density at radius 3 is 2.52 bits per heavy atom. The lowest BCUT2D eigenvalue weighted by atomic mass is 10.1. The number of aliphatic carboxylic acids is 1. The number of carbonyl (C=O) groups is 1. The van der Waals surface area contributed by atoms with Gasteiger partial charge in [0.05, 0.1) is 17.1 Å². The van der Waals surface area contributed by atoms with Crippen LogP contribution in [-0.4, -0.2) is 20.9 Å². The highest BCUT2D eigenvalue weighted by Crippen LogP contribution is 2.19. The number of carboxylic acid groups (broad SMARTS) is 1. The van der Waals surface area contributed by atoms with Crippen molar-refractivity contribution in [2.75, 3.05) is 0 Å². The van der Waals surface area contributed by atoms with Gasteiger partial charge in [-0.25, -0.2) is 4.68 Å². The van der Waals surface area contributed by atoms with Crippen molar-refractivity contribution in [1.29, 1.82) is 0 Å². The molecule has 1 heterocycles. The molecule has 140 valence electrons. The Morgan fingerprint density at radius 2 is 1.85 bits per heavy atom. The number of aryl methyl sites for hydroxylation is 2. The summed E-state index contributed by atoms with van der Waals surface area (Å²) in [4.78, 5) is 10.6. The first-order valence-electron chi connectivity index (χ1n) is 8.76. The van der Waals surface area contributed by atoms with E-state index in [1.807, 2.05) is 66.2 Å². The molecule has 0 aliphatic rings. The molecular formula is C21H21ClN2O3. The van der Waals surface area contributed by atoms with Crippen LogP contribution in [-0.2, 0) is 17.8 Å². The maximum atomic E-state index is 10.6. The van der Waals surface area contributed by atoms with E-state index in [1.54, 1.807) is 0 Å². The molecule has 5 nitrogen and oxygen atoms in total. The number of hydrogen-bond donors (Lipinski definition) is 1. The molecule has 0 amide bonds. The van der Waals surface area contributed by atoms with Crippen LogP contribution in [0.1, 0.15) is 29.8 Å². The van der Waals surface area contributed by atoms with E-state index in [0.29, 0.717) is 18.1 Å². The van der Waals surface area contributed by atoms with Crippen LogP contribution in [0.25, 0.3) is 5.69 Å². The normalized spacial score (nSPS) is 10.7. The van der Waals surface area contributed by atoms with Crippen LogP contribution >= 0.6 is 11.6 Å². The molecule has 2 aromatic carbocycles. The summed E-state index contributed by atoms with van der Waals surface area (Å²) in [5, 5.41) is 13.9. The van der Waals surface area contributed by atoms with Gasteiger partial charge in [-0.05, 0) is 67.8 Å². The average molecular weight is 385 g/mol. The molecule has 1 N–H and O–H groups in total. The van der Waals surface area contributed by atoms with E-state index in [0.717, 1.165) is 34.8 Å². The van der Waals surface area contributed by atoms with Crippen LogP contribution in [0.2, 0.25) is 5.02 Å². The molecule has 3 aromatic rings. The van der Waals surface area contributed by atoms with Crippen molar-refractivity contribution in [3.8, 4) is 11.4 Å². The highest BCUT2D eigenvalue weighted by molar-refractivity contribution is 6.30. The Hall–Kier alpha value is -2.79. The zero-order valence-electron chi connectivity index (χ0n) is 15.1. The average Bonchev–Trinajstić information content (AvgIpc) is 3.02. The number of benzene rings is 2. The number of nitrogens with zero attached hydrogens (tertiary/aromatic N) is 2. The van der Waals surface area contributed by atoms with Crippen LogP contribution in [0.5, 0.6) is 5.75 Å². The second kappa shape index (κ2) is 8.73. The molecule has 27 heavy (non-hydrogen) atoms. The maximum absolute atomic E-state index is 10.6. The van der Waals surface area contributed by atoms with Crippen molar-refractivity contribution in [3.05, 3.63) is 76.6 Å². The van der Waals surface area contributed by atoms with Gasteiger partial charge in [0.25, 0.3) is 0 Å². The Bertz CT molecular complexity index is 902. The largest absolute Gasteiger partial charge is 0.487 e. The van der Waals surface area contributed by atoms with E-state index in [2.05, 4.69) is 5.10 Å². The van der Waals surface area contributed by atoms with Crippen LogP contribution in [0.4, 0.5) is 0 Å². The molecule has 0 spiro atoms. The molecular weight excluding hydrogens is 364 g/mol. The van der Waals surface area contributed by atoms with Gasteiger partial charge in [0.1, 0.15) is 12.4 Å². The molecule has 0 unspecified atom stereocenters. The lowest BCUT2D eigenvalue weighted by molar-refractivity contribution is -0.137. The van der Waals surface area contributed by atoms with Gasteiger partial charge in [-0.15, -0.1) is 0 Å². The van der Waals surface area contributed by atoms with E-state index in [1.165, 1.54) is 0 Å². The zero-order valence-corrected chi connectivity index (χ0v) is 15.8. The van der Waals surface area contributed by atoms with E-state index in [9.17, 15) is 4.79 Å². The summed E-state index contributed by atoms with van der Waals surface area (Å²) in [6, 6.07) is 17.3. The number of aromatic nitrogens is 2. The van der Waals surface area contributed by atoms with Crippen LogP contribution in [0.15, 0.2) is 54.6 Å². The number of ether oxygens (including phenoxy) is 1. The lowest BCUT2D eigenvalue weighted by Gasteiger charge is -2.10. The van der Waals surface area contributed by atoms with Gasteiger partial charge in [0, 0.05) is 11.4 Å². The maximum Gasteiger partial charge on any atom is 0.303 e. The molecule has 0 fully saturated rings. The summed E-state index contributed by atoms with van der Waals surface area (Å²) in [7, 11) is 0. The number of halogens is 1. The standard InChI is InChI=1S/C21H21ClN2O3/c1-15-13-19(24(23-15)18-9-7-17(22)8-10-18)14-27-20-11-5-16(6-12-20)3-2-4-21(25)26/h5-13H,2-4,14H2,1H3,(H,25,26). The summed E-state index contributed by atoms with van der Waals surface area (Å²) in [5.74, 6) is 0.000963. The van der Waals surface area contributed by atoms with Gasteiger partial charge in [-0.1, -0.05) is 23.7 Å². The molecule has 0 atom stereocenters. The highest BCUT2D eigenvalue weighted by Gasteiger charge is 2.09. The fourth-order valence-corrected chi connectivity index (χ4v) is 2.94. The monoisotopic (exact) mass is 384 g/mol. The third-order valence-electron chi connectivity index (χ3n) is 4.14. The van der Waals surface area contributed by atoms with E-state index >= 15 is 0 Å². The molecule has 0 aliphatic heterocycles. The van der Waals surface area contributed by atoms with Gasteiger partial charge < -0.3 is 9.84 Å². The fourth-order valence-electron chi connectivity index (χ4n) is 2.82. The molecule has 1 aromatic heterocycles. The zero-order chi connectivity index (χ0) is 19.2. The first-order valence-corrected chi connectivity index (χ1v) is 9.14. The number of rotatable bonds is 8. The smallest absolute Gasteiger partial charge is 0.303 e. The lowest BCUT2D eigenvalue weighted by Crippen LogP contribution is -2.05. The minimum absolute atomic E-state index is 0.187. The number of hydrogen-bond acceptors (Lipinski definition) is 3. The van der Waals surface area contributed by atoms with Crippen molar-refractivity contribution in [1.82, 2.24) is 9.78 Å². The predicted octanol–water partition coefficient (Wildman–Crippen LogP) is 4.82. The van der Waals surface area contributed by atoms with E-state index in [4.69, 9.17) is 21.4 Å². The molecule has 0 aliphatic carbocycles. The van der Waals surface area contributed by atoms with Crippen molar-refractivity contribution < 1.29 is 14.6 Å². The Morgan fingerprint density at radius 1 is 1.15 bits per heavy atom. The van der Waals surface area contributed by atoms with Crippen molar-refractivity contribution in [3.63, 3.8) is 0 Å². The van der Waals surface area contributed by atoms with E-state index in [-0.39, 0.29) is 6.42 Å². The summed E-state index contributed by atoms with van der Waals surface area (Å²) in [6.45, 7) is 2.34. The second-order valence-corrected chi connectivity index (χ2v) is 6.78. The molecule has 0 radical (unpaired) electrons. The predicted molar refractivity (Wildman–Crippen MR) is 105 cm³/mol. The van der Waals surface area contributed by atoms with Crippen LogP contribution in [0.3, 0.4) is 0 Å². The topological polar surface area (TPSA) is 64.3 Å². The summed E-state index contributed by atoms with van der Waals surface area (Å²) in [6.07, 6.45) is 1.57. The molecule has 0 saturated heterocycles. The number of carboxylic acids is 1. The third-order valence-corrected chi connectivity index (χ3v) is 4.39. The first-order chi connectivity index (χ1) is 13.0. The molecule has 3 rings (SSSR count). The molecule has 0 bridgehead atoms. The SMILES string of the molecule is Cc1cc(COc2ccc(CCCC(=O)O)cc2)n(-c2ccc(Cl)cc2)n1. The van der Waals surface area contributed by atoms with Crippen molar-refractivity contribution in [2.24, 2.45) is 0 Å². The van der Waals surface area contributed by atoms with Gasteiger partial charge in [0.15, 0.2) is 0 Å². The van der Waals surface area contributed by atoms with Gasteiger partial charge in [0.2, 0.25) is 0 Å². The van der Waals surface area contributed by atoms with Gasteiger partial charge >= 0.3 is 5.97 Å². The van der Waals surface area contributed by atoms with Crippen molar-refractivity contribution >= 4 is 17.6 Å². The summed E-state index contributed by atoms with van der Waals surface area (Å²) in [5.41, 5.74) is 3.89. The quantitative estimate of drug-likeness (QED) is 0.604. The fraction of sp³-hybridized carbons (Fsp3) is 0.238. The summed E-state index contributed by atoms with van der Waals surface area (Å²) >= 11 is 5.96. The summed E-state index contributed by atoms with van der Waals surface area (Å²) < 4.78 is 7.76. The van der Waals surface area contributed by atoms with Gasteiger partial charge in [-0.2, -0.15) is 5.10 Å². The Balaban J connectivity index is 1.63. The van der Waals surface area contributed by atoms with Crippen LogP contribution in [0, 0.1) is 6.92 Å². The Labute approximate surface area is 163 Å². The highest BCUT2D eigenvalue weighted by atomic mass is 35.5. The molecule has 0 saturated carbocycles. The van der Waals surface area contributed by atoms with Crippen molar-refractivity contribution in [2.45, 2.75) is 32.8 Å². The molecule has 6 heteroatoms. The second-order valence-electron chi connectivity index (χ2n) is 6.35.